The number of hydrogen-bond donors (Lipinski definition) is 3. The van der Waals surface area contributed by atoms with Crippen LogP contribution in [0.4, 0.5) is 18.6 Å². The first-order valence-corrected chi connectivity index (χ1v) is 10.8. The molecule has 2 heterocycles. The van der Waals surface area contributed by atoms with Gasteiger partial charge in [-0.3, -0.25) is 10.1 Å². The third-order valence-corrected chi connectivity index (χ3v) is 5.65. The van der Waals surface area contributed by atoms with Crippen molar-refractivity contribution in [3.8, 4) is 5.88 Å². The van der Waals surface area contributed by atoms with Gasteiger partial charge in [0.25, 0.3) is 5.91 Å². The molecule has 8 nitrogen and oxygen atoms in total. The normalized spacial score (nSPS) is 13.9. The molecule has 168 valence electrons. The Kier molecular flexibility index (Phi) is 7.75. The molecule has 0 unspecified atom stereocenters. The third-order valence-electron chi connectivity index (χ3n) is 4.91. The molecule has 1 aliphatic rings. The summed E-state index contributed by atoms with van der Waals surface area (Å²) >= 11 is 0.795. The summed E-state index contributed by atoms with van der Waals surface area (Å²) in [5.41, 5.74) is 5.39. The molecule has 1 aromatic carbocycles. The molecule has 0 spiro atoms. The minimum atomic E-state index is -0.877. The average Bonchev–Trinajstić information content (AvgIpc) is 3.34. The van der Waals surface area contributed by atoms with E-state index in [0.29, 0.717) is 12.1 Å². The molecule has 0 saturated carbocycles. The zero-order valence-electron chi connectivity index (χ0n) is 17.2. The number of hydrogen-bond acceptors (Lipinski definition) is 6. The van der Waals surface area contributed by atoms with Crippen LogP contribution in [-0.2, 0) is 6.61 Å². The van der Waals surface area contributed by atoms with E-state index in [2.05, 4.69) is 19.9 Å². The van der Waals surface area contributed by atoms with Crippen LogP contribution in [0.5, 0.6) is 5.88 Å². The fourth-order valence-corrected chi connectivity index (χ4v) is 4.08. The van der Waals surface area contributed by atoms with Gasteiger partial charge < -0.3 is 20.7 Å². The van der Waals surface area contributed by atoms with E-state index in [1.54, 1.807) is 6.92 Å². The van der Waals surface area contributed by atoms with E-state index in [4.69, 9.17) is 10.5 Å². The Hall–Kier alpha value is -2.79. The van der Waals surface area contributed by atoms with Gasteiger partial charge in [-0.15, -0.1) is 0 Å². The number of likely N-dealkylation sites (tertiary alicyclic amines) is 1. The Bertz CT molecular complexity index is 924. The van der Waals surface area contributed by atoms with Crippen molar-refractivity contribution in [2.75, 3.05) is 31.5 Å². The molecule has 4 N–H and O–H groups in total. The Morgan fingerprint density at radius 1 is 1.26 bits per heavy atom. The summed E-state index contributed by atoms with van der Waals surface area (Å²) in [6.45, 7) is 4.66. The second kappa shape index (κ2) is 10.5. The van der Waals surface area contributed by atoms with E-state index in [1.165, 1.54) is 25.0 Å². The molecule has 31 heavy (non-hydrogen) atoms. The quantitative estimate of drug-likeness (QED) is 0.506. The fraction of sp³-hybridized carbons (Fsp3) is 0.450. The lowest BCUT2D eigenvalue weighted by Gasteiger charge is -2.14. The van der Waals surface area contributed by atoms with Gasteiger partial charge in [0, 0.05) is 6.54 Å². The maximum absolute atomic E-state index is 14.0. The molecule has 1 aromatic heterocycles. The highest BCUT2D eigenvalue weighted by Gasteiger charge is 2.23. The largest absolute Gasteiger partial charge is 0.471 e. The van der Waals surface area contributed by atoms with Gasteiger partial charge in [-0.25, -0.2) is 13.6 Å². The van der Waals surface area contributed by atoms with Gasteiger partial charge in [0.2, 0.25) is 5.88 Å². The molecule has 0 aliphatic carbocycles. The zero-order valence-corrected chi connectivity index (χ0v) is 18.0. The molecule has 11 heteroatoms. The predicted molar refractivity (Wildman–Crippen MR) is 113 cm³/mol. The van der Waals surface area contributed by atoms with Crippen molar-refractivity contribution in [2.24, 2.45) is 5.73 Å². The SMILES string of the molecule is Cc1cc(F)c(COc2nsc(NC(=O)NCCCN3CCCC3)c2C(N)=O)c(F)c1. The molecule has 1 fully saturated rings. The number of aromatic nitrogens is 1. The van der Waals surface area contributed by atoms with Gasteiger partial charge in [-0.05, 0) is 75.0 Å². The van der Waals surface area contributed by atoms with Crippen LogP contribution in [0.2, 0.25) is 0 Å². The van der Waals surface area contributed by atoms with Gasteiger partial charge in [0.15, 0.2) is 0 Å². The van der Waals surface area contributed by atoms with Crippen molar-refractivity contribution < 1.29 is 23.1 Å². The standard InChI is InChI=1S/C20H25F2N5O3S/c1-12-9-14(21)13(15(22)10-12)11-30-18-16(17(23)28)19(31-26-18)25-20(29)24-5-4-8-27-6-2-3-7-27/h9-10H,2-8,11H2,1H3,(H2,23,28)(H2,24,25,29). The number of ether oxygens (including phenoxy) is 1. The summed E-state index contributed by atoms with van der Waals surface area (Å²) in [4.78, 5) is 26.4. The van der Waals surface area contributed by atoms with E-state index in [1.807, 2.05) is 0 Å². The number of carbonyl (C=O) groups is 2. The Balaban J connectivity index is 1.57. The number of primary amides is 1. The topological polar surface area (TPSA) is 110 Å². The number of amides is 3. The second-order valence-corrected chi connectivity index (χ2v) is 8.11. The van der Waals surface area contributed by atoms with Crippen molar-refractivity contribution in [3.05, 3.63) is 40.5 Å². The number of nitrogens with zero attached hydrogens (tertiary/aromatic N) is 2. The lowest BCUT2D eigenvalue weighted by atomic mass is 10.1. The minimum absolute atomic E-state index is 0.101. The first-order valence-electron chi connectivity index (χ1n) is 9.99. The third kappa shape index (κ3) is 6.11. The fourth-order valence-electron chi connectivity index (χ4n) is 3.34. The van der Waals surface area contributed by atoms with Crippen LogP contribution in [0.3, 0.4) is 0 Å². The number of aryl methyl sites for hydroxylation is 1. The molecule has 0 bridgehead atoms. The van der Waals surface area contributed by atoms with Crippen molar-refractivity contribution in [2.45, 2.75) is 32.8 Å². The molecule has 3 rings (SSSR count). The van der Waals surface area contributed by atoms with Crippen LogP contribution >= 0.6 is 11.5 Å². The van der Waals surface area contributed by atoms with Crippen LogP contribution in [0.1, 0.15) is 40.7 Å². The van der Waals surface area contributed by atoms with Crippen LogP contribution in [-0.4, -0.2) is 47.4 Å². The van der Waals surface area contributed by atoms with Crippen molar-refractivity contribution in [1.82, 2.24) is 14.6 Å². The van der Waals surface area contributed by atoms with Crippen LogP contribution < -0.4 is 21.1 Å². The number of halogens is 2. The van der Waals surface area contributed by atoms with Crippen LogP contribution in [0.25, 0.3) is 0 Å². The summed E-state index contributed by atoms with van der Waals surface area (Å²) < 4.78 is 37.3. The highest BCUT2D eigenvalue weighted by Crippen LogP contribution is 2.31. The van der Waals surface area contributed by atoms with E-state index < -0.39 is 30.2 Å². The van der Waals surface area contributed by atoms with Gasteiger partial charge in [0.05, 0.1) is 5.56 Å². The predicted octanol–water partition coefficient (Wildman–Crippen LogP) is 3.02. The number of benzene rings is 1. The zero-order chi connectivity index (χ0) is 22.4. The van der Waals surface area contributed by atoms with Gasteiger partial charge in [0.1, 0.15) is 28.8 Å². The Morgan fingerprint density at radius 2 is 1.94 bits per heavy atom. The lowest BCUT2D eigenvalue weighted by Crippen LogP contribution is -2.32. The van der Waals surface area contributed by atoms with Crippen molar-refractivity contribution >= 4 is 28.5 Å². The van der Waals surface area contributed by atoms with Gasteiger partial charge >= 0.3 is 6.03 Å². The van der Waals surface area contributed by atoms with E-state index in [9.17, 15) is 18.4 Å². The molecule has 3 amide bonds. The number of anilines is 1. The lowest BCUT2D eigenvalue weighted by molar-refractivity contribution is 0.0996. The Morgan fingerprint density at radius 3 is 2.58 bits per heavy atom. The number of nitrogens with two attached hydrogens (primary N) is 1. The summed E-state index contributed by atoms with van der Waals surface area (Å²) in [5, 5.41) is 5.35. The summed E-state index contributed by atoms with van der Waals surface area (Å²) in [6.07, 6.45) is 3.23. The number of rotatable bonds is 9. The number of urea groups is 1. The van der Waals surface area contributed by atoms with Crippen molar-refractivity contribution in [1.29, 1.82) is 0 Å². The molecule has 2 aromatic rings. The van der Waals surface area contributed by atoms with Gasteiger partial charge in [-0.2, -0.15) is 4.37 Å². The maximum atomic E-state index is 14.0. The first-order chi connectivity index (χ1) is 14.8. The highest BCUT2D eigenvalue weighted by molar-refractivity contribution is 7.11. The van der Waals surface area contributed by atoms with E-state index in [-0.39, 0.29) is 22.0 Å². The maximum Gasteiger partial charge on any atom is 0.319 e. The summed E-state index contributed by atoms with van der Waals surface area (Å²) in [7, 11) is 0. The molecular weight excluding hydrogens is 428 g/mol. The highest BCUT2D eigenvalue weighted by atomic mass is 32.1. The van der Waals surface area contributed by atoms with Crippen LogP contribution in [0.15, 0.2) is 12.1 Å². The summed E-state index contributed by atoms with van der Waals surface area (Å²) in [5.74, 6) is -2.60. The second-order valence-electron chi connectivity index (χ2n) is 7.34. The minimum Gasteiger partial charge on any atom is -0.471 e. The number of nitrogens with one attached hydrogen (secondary N) is 2. The molecule has 0 atom stereocenters. The van der Waals surface area contributed by atoms with E-state index in [0.717, 1.165) is 37.6 Å². The van der Waals surface area contributed by atoms with Crippen molar-refractivity contribution in [3.63, 3.8) is 0 Å². The molecular formula is C20H25F2N5O3S. The van der Waals surface area contributed by atoms with E-state index >= 15 is 0 Å². The van der Waals surface area contributed by atoms with Crippen LogP contribution in [0, 0.1) is 18.6 Å². The smallest absolute Gasteiger partial charge is 0.319 e. The Labute approximate surface area is 182 Å². The van der Waals surface area contributed by atoms with Gasteiger partial charge in [-0.1, -0.05) is 0 Å². The number of carbonyl (C=O) groups excluding carboxylic acids is 2. The monoisotopic (exact) mass is 453 g/mol. The first kappa shape index (κ1) is 22.9. The average molecular weight is 454 g/mol. The molecule has 1 aliphatic heterocycles. The molecule has 0 radical (unpaired) electrons. The summed E-state index contributed by atoms with van der Waals surface area (Å²) in [6, 6.07) is 1.85. The molecule has 1 saturated heterocycles.